The molecule has 0 saturated carbocycles. The second-order valence-electron chi connectivity index (χ2n) is 4.78. The summed E-state index contributed by atoms with van der Waals surface area (Å²) in [5, 5.41) is 6.76. The van der Waals surface area contributed by atoms with Crippen LogP contribution in [-0.4, -0.2) is 15.5 Å². The number of halogens is 1. The van der Waals surface area contributed by atoms with E-state index < -0.39 is 0 Å². The monoisotopic (exact) mass is 313 g/mol. The fraction of sp³-hybridized carbons (Fsp3) is 0.0625. The van der Waals surface area contributed by atoms with Gasteiger partial charge in [0.2, 0.25) is 0 Å². The third-order valence-corrected chi connectivity index (χ3v) is 3.85. The molecule has 0 aliphatic carbocycles. The van der Waals surface area contributed by atoms with Gasteiger partial charge in [0.05, 0.1) is 0 Å². The third-order valence-electron chi connectivity index (χ3n) is 3.12. The molecule has 0 bridgehead atoms. The number of amides is 1. The molecule has 1 N–H and O–H groups in total. The number of rotatable bonds is 3. The van der Waals surface area contributed by atoms with Crippen LogP contribution in [0.2, 0.25) is 0 Å². The zero-order chi connectivity index (χ0) is 15.5. The van der Waals surface area contributed by atoms with Gasteiger partial charge in [-0.25, -0.2) is 4.39 Å². The highest BCUT2D eigenvalue weighted by Gasteiger charge is 2.17. The third kappa shape index (κ3) is 3.01. The van der Waals surface area contributed by atoms with Crippen molar-refractivity contribution < 1.29 is 9.18 Å². The van der Waals surface area contributed by atoms with Crippen LogP contribution in [0.25, 0.3) is 11.3 Å². The molecule has 3 aromatic rings. The van der Waals surface area contributed by atoms with Crippen molar-refractivity contribution >= 4 is 23.1 Å². The maximum absolute atomic E-state index is 12.9. The number of carbonyl (C=O) groups excluding carboxylic acids is 1. The van der Waals surface area contributed by atoms with Crippen LogP contribution in [0.1, 0.15) is 15.2 Å². The molecular formula is C16H12FN3OS. The predicted octanol–water partition coefficient (Wildman–Crippen LogP) is 3.90. The van der Waals surface area contributed by atoms with E-state index in [1.54, 1.807) is 0 Å². The van der Waals surface area contributed by atoms with E-state index >= 15 is 0 Å². The lowest BCUT2D eigenvalue weighted by Gasteiger charge is -2.05. The first-order valence-corrected chi connectivity index (χ1v) is 7.37. The Labute approximate surface area is 130 Å². The van der Waals surface area contributed by atoms with Crippen LogP contribution in [0.15, 0.2) is 48.5 Å². The minimum absolute atomic E-state index is 0.308. The van der Waals surface area contributed by atoms with Crippen LogP contribution < -0.4 is 5.32 Å². The van der Waals surface area contributed by atoms with Crippen LogP contribution in [0.5, 0.6) is 0 Å². The van der Waals surface area contributed by atoms with Crippen molar-refractivity contribution in [3.8, 4) is 11.3 Å². The molecule has 0 spiro atoms. The van der Waals surface area contributed by atoms with Crippen LogP contribution in [-0.2, 0) is 0 Å². The maximum Gasteiger partial charge on any atom is 0.269 e. The van der Waals surface area contributed by atoms with Crippen LogP contribution in [0, 0.1) is 12.7 Å². The second-order valence-corrected chi connectivity index (χ2v) is 5.53. The molecule has 0 saturated heterocycles. The van der Waals surface area contributed by atoms with Gasteiger partial charge in [-0.05, 0) is 42.7 Å². The summed E-state index contributed by atoms with van der Waals surface area (Å²) >= 11 is 1.03. The highest BCUT2D eigenvalue weighted by molar-refractivity contribution is 7.08. The fourth-order valence-corrected chi connectivity index (χ4v) is 2.54. The Balaban J connectivity index is 1.86. The zero-order valence-electron chi connectivity index (χ0n) is 11.7. The second kappa shape index (κ2) is 6.03. The van der Waals surface area contributed by atoms with Gasteiger partial charge in [-0.2, -0.15) is 0 Å². The number of benzene rings is 2. The average molecular weight is 313 g/mol. The Hall–Kier alpha value is -2.60. The normalized spacial score (nSPS) is 10.5. The van der Waals surface area contributed by atoms with Gasteiger partial charge in [0.25, 0.3) is 5.91 Å². The molecule has 1 heterocycles. The summed E-state index contributed by atoms with van der Waals surface area (Å²) in [5.41, 5.74) is 3.03. The summed E-state index contributed by atoms with van der Waals surface area (Å²) in [6, 6.07) is 13.3. The summed E-state index contributed by atoms with van der Waals surface area (Å²) in [4.78, 5) is 12.8. The van der Waals surface area contributed by atoms with Crippen LogP contribution in [0.4, 0.5) is 10.1 Å². The SMILES string of the molecule is Cc1ccc(-c2nnsc2C(=O)Nc2ccc(F)cc2)cc1. The van der Waals surface area contributed by atoms with E-state index in [1.807, 2.05) is 31.2 Å². The Morgan fingerprint density at radius 2 is 1.77 bits per heavy atom. The summed E-state index contributed by atoms with van der Waals surface area (Å²) in [6.07, 6.45) is 0. The van der Waals surface area contributed by atoms with E-state index in [2.05, 4.69) is 14.9 Å². The number of nitrogens with one attached hydrogen (secondary N) is 1. The maximum atomic E-state index is 12.9. The lowest BCUT2D eigenvalue weighted by Crippen LogP contribution is -2.11. The minimum atomic E-state index is -0.349. The lowest BCUT2D eigenvalue weighted by atomic mass is 10.1. The smallest absolute Gasteiger partial charge is 0.269 e. The zero-order valence-corrected chi connectivity index (χ0v) is 12.5. The minimum Gasteiger partial charge on any atom is -0.321 e. The summed E-state index contributed by atoms with van der Waals surface area (Å²) < 4.78 is 16.8. The van der Waals surface area contributed by atoms with Gasteiger partial charge in [0.15, 0.2) is 0 Å². The van der Waals surface area contributed by atoms with Crippen molar-refractivity contribution in [2.75, 3.05) is 5.32 Å². The van der Waals surface area contributed by atoms with Crippen LogP contribution in [0.3, 0.4) is 0 Å². The van der Waals surface area contributed by atoms with Crippen molar-refractivity contribution in [3.05, 3.63) is 64.8 Å². The van der Waals surface area contributed by atoms with Gasteiger partial charge >= 0.3 is 0 Å². The Bertz CT molecular complexity index is 797. The van der Waals surface area contributed by atoms with Crippen molar-refractivity contribution in [2.45, 2.75) is 6.92 Å². The van der Waals surface area contributed by atoms with Gasteiger partial charge in [-0.1, -0.05) is 34.3 Å². The Kier molecular flexibility index (Phi) is 3.93. The summed E-state index contributed by atoms with van der Waals surface area (Å²) in [5.74, 6) is -0.657. The summed E-state index contributed by atoms with van der Waals surface area (Å²) in [7, 11) is 0. The van der Waals surface area contributed by atoms with E-state index in [4.69, 9.17) is 0 Å². The number of anilines is 1. The van der Waals surface area contributed by atoms with Crippen molar-refractivity contribution in [1.29, 1.82) is 0 Å². The largest absolute Gasteiger partial charge is 0.321 e. The molecule has 0 unspecified atom stereocenters. The molecule has 110 valence electrons. The van der Waals surface area contributed by atoms with Gasteiger partial charge < -0.3 is 5.32 Å². The number of aromatic nitrogens is 2. The first-order valence-electron chi connectivity index (χ1n) is 6.60. The van der Waals surface area contributed by atoms with Crippen LogP contribution >= 0.6 is 11.5 Å². The first-order chi connectivity index (χ1) is 10.6. The molecule has 3 rings (SSSR count). The molecule has 2 aromatic carbocycles. The topological polar surface area (TPSA) is 54.9 Å². The van der Waals surface area contributed by atoms with E-state index in [1.165, 1.54) is 24.3 Å². The summed E-state index contributed by atoms with van der Waals surface area (Å²) in [6.45, 7) is 1.99. The lowest BCUT2D eigenvalue weighted by molar-refractivity contribution is 0.103. The van der Waals surface area contributed by atoms with Gasteiger partial charge in [0.1, 0.15) is 16.4 Å². The molecule has 0 radical (unpaired) electrons. The highest BCUT2D eigenvalue weighted by Crippen LogP contribution is 2.25. The van der Waals surface area contributed by atoms with Crippen molar-refractivity contribution in [3.63, 3.8) is 0 Å². The highest BCUT2D eigenvalue weighted by atomic mass is 32.1. The van der Waals surface area contributed by atoms with Gasteiger partial charge in [-0.3, -0.25) is 4.79 Å². The molecule has 1 amide bonds. The average Bonchev–Trinajstić information content (AvgIpc) is 3.00. The van der Waals surface area contributed by atoms with E-state index in [9.17, 15) is 9.18 Å². The molecule has 0 aliphatic rings. The van der Waals surface area contributed by atoms with Gasteiger partial charge in [-0.15, -0.1) is 5.10 Å². The molecule has 0 fully saturated rings. The van der Waals surface area contributed by atoms with E-state index in [0.717, 1.165) is 22.7 Å². The number of hydrogen-bond donors (Lipinski definition) is 1. The quantitative estimate of drug-likeness (QED) is 0.797. The van der Waals surface area contributed by atoms with Crippen molar-refractivity contribution in [1.82, 2.24) is 9.59 Å². The van der Waals surface area contributed by atoms with E-state index in [-0.39, 0.29) is 11.7 Å². The number of nitrogens with zero attached hydrogens (tertiary/aromatic N) is 2. The molecule has 4 nitrogen and oxygen atoms in total. The van der Waals surface area contributed by atoms with E-state index in [0.29, 0.717) is 16.3 Å². The molecule has 6 heteroatoms. The Morgan fingerprint density at radius 1 is 1.09 bits per heavy atom. The molecular weight excluding hydrogens is 301 g/mol. The number of carbonyl (C=O) groups is 1. The van der Waals surface area contributed by atoms with Crippen molar-refractivity contribution in [2.24, 2.45) is 0 Å². The molecule has 0 atom stereocenters. The number of aryl methyl sites for hydroxylation is 1. The number of hydrogen-bond acceptors (Lipinski definition) is 4. The fourth-order valence-electron chi connectivity index (χ4n) is 1.96. The Morgan fingerprint density at radius 3 is 2.45 bits per heavy atom. The first kappa shape index (κ1) is 14.3. The predicted molar refractivity (Wildman–Crippen MR) is 84.4 cm³/mol. The molecule has 0 aliphatic heterocycles. The van der Waals surface area contributed by atoms with Gasteiger partial charge in [0, 0.05) is 11.3 Å². The molecule has 1 aromatic heterocycles. The standard InChI is InChI=1S/C16H12FN3OS/c1-10-2-4-11(5-3-10)14-15(22-20-19-14)16(21)18-13-8-6-12(17)7-9-13/h2-9H,1H3,(H,18,21). The molecule has 22 heavy (non-hydrogen) atoms.